The summed E-state index contributed by atoms with van der Waals surface area (Å²) in [5.74, 6) is 0.529. The van der Waals surface area contributed by atoms with Gasteiger partial charge in [0.05, 0.1) is 6.21 Å². The first kappa shape index (κ1) is 18.4. The molecule has 0 spiro atoms. The summed E-state index contributed by atoms with van der Waals surface area (Å²) in [5.41, 5.74) is 7.28. The molecule has 4 nitrogen and oxygen atoms in total. The first-order chi connectivity index (χ1) is 13.1. The monoisotopic (exact) mass is 358 g/mol. The zero-order valence-corrected chi connectivity index (χ0v) is 15.5. The van der Waals surface area contributed by atoms with Gasteiger partial charge in [0.1, 0.15) is 12.4 Å². The van der Waals surface area contributed by atoms with Crippen molar-refractivity contribution < 1.29 is 9.53 Å². The minimum absolute atomic E-state index is 0.226. The summed E-state index contributed by atoms with van der Waals surface area (Å²) >= 11 is 0. The number of amides is 1. The van der Waals surface area contributed by atoms with Crippen LogP contribution in [0.5, 0.6) is 5.75 Å². The molecule has 0 saturated heterocycles. The van der Waals surface area contributed by atoms with Crippen LogP contribution in [0.1, 0.15) is 32.6 Å². The fourth-order valence-electron chi connectivity index (χ4n) is 2.59. The summed E-state index contributed by atoms with van der Waals surface area (Å²) in [4.78, 5) is 12.2. The van der Waals surface area contributed by atoms with Gasteiger partial charge in [-0.3, -0.25) is 4.79 Å². The average Bonchev–Trinajstić information content (AvgIpc) is 2.68. The average molecular weight is 358 g/mol. The minimum Gasteiger partial charge on any atom is -0.489 e. The Kier molecular flexibility index (Phi) is 6.00. The van der Waals surface area contributed by atoms with E-state index in [1.807, 2.05) is 49.4 Å². The Hall–Kier alpha value is -3.40. The third-order valence-corrected chi connectivity index (χ3v) is 4.15. The third kappa shape index (κ3) is 5.28. The molecule has 0 bridgehead atoms. The molecule has 0 aliphatic heterocycles. The van der Waals surface area contributed by atoms with E-state index in [-0.39, 0.29) is 5.91 Å². The Bertz CT molecular complexity index is 947. The van der Waals surface area contributed by atoms with Gasteiger partial charge in [-0.05, 0) is 48.7 Å². The van der Waals surface area contributed by atoms with Crippen LogP contribution in [0.3, 0.4) is 0 Å². The molecule has 3 aromatic carbocycles. The van der Waals surface area contributed by atoms with Crippen LogP contribution < -0.4 is 10.2 Å². The van der Waals surface area contributed by atoms with Crippen molar-refractivity contribution in [3.05, 3.63) is 101 Å². The highest BCUT2D eigenvalue weighted by Crippen LogP contribution is 2.15. The summed E-state index contributed by atoms with van der Waals surface area (Å²) in [6, 6.07) is 23.2. The van der Waals surface area contributed by atoms with Crippen molar-refractivity contribution in [2.75, 3.05) is 0 Å². The Morgan fingerprint density at radius 3 is 2.56 bits per heavy atom. The van der Waals surface area contributed by atoms with Gasteiger partial charge in [0.2, 0.25) is 0 Å². The van der Waals surface area contributed by atoms with E-state index in [0.717, 1.165) is 22.4 Å². The van der Waals surface area contributed by atoms with E-state index in [1.54, 1.807) is 12.3 Å². The predicted octanol–water partition coefficient (Wildman–Crippen LogP) is 4.65. The summed E-state index contributed by atoms with van der Waals surface area (Å²) in [6.45, 7) is 4.46. The molecule has 0 unspecified atom stereocenters. The Morgan fingerprint density at radius 1 is 1.00 bits per heavy atom. The van der Waals surface area contributed by atoms with E-state index in [0.29, 0.717) is 12.2 Å². The first-order valence-electron chi connectivity index (χ1n) is 8.79. The van der Waals surface area contributed by atoms with Crippen molar-refractivity contribution in [2.45, 2.75) is 20.5 Å². The van der Waals surface area contributed by atoms with Crippen molar-refractivity contribution in [3.8, 4) is 5.75 Å². The fourth-order valence-corrected chi connectivity index (χ4v) is 2.59. The van der Waals surface area contributed by atoms with E-state index in [9.17, 15) is 4.79 Å². The number of aryl methyl sites for hydroxylation is 2. The summed E-state index contributed by atoms with van der Waals surface area (Å²) in [7, 11) is 0. The van der Waals surface area contributed by atoms with Crippen LogP contribution in [-0.2, 0) is 6.61 Å². The van der Waals surface area contributed by atoms with Gasteiger partial charge in [-0.1, -0.05) is 60.2 Å². The zero-order valence-electron chi connectivity index (χ0n) is 15.5. The molecule has 3 aromatic rings. The topological polar surface area (TPSA) is 50.7 Å². The number of rotatable bonds is 6. The first-order valence-corrected chi connectivity index (χ1v) is 8.79. The van der Waals surface area contributed by atoms with Gasteiger partial charge < -0.3 is 4.74 Å². The van der Waals surface area contributed by atoms with E-state index in [2.05, 4.69) is 41.7 Å². The molecule has 0 atom stereocenters. The fraction of sp³-hybridized carbons (Fsp3) is 0.130. The van der Waals surface area contributed by atoms with Gasteiger partial charge in [0.25, 0.3) is 5.91 Å². The quantitative estimate of drug-likeness (QED) is 0.515. The second-order valence-corrected chi connectivity index (χ2v) is 6.36. The van der Waals surface area contributed by atoms with Gasteiger partial charge >= 0.3 is 0 Å². The number of carbonyl (C=O) groups is 1. The molecule has 1 amide bonds. The molecule has 0 aliphatic rings. The van der Waals surface area contributed by atoms with Crippen molar-refractivity contribution >= 4 is 12.1 Å². The maximum Gasteiger partial charge on any atom is 0.271 e. The molecular formula is C23H22N2O2. The molecule has 0 saturated carbocycles. The number of ether oxygens (including phenoxy) is 1. The number of hydrogen-bond acceptors (Lipinski definition) is 3. The van der Waals surface area contributed by atoms with E-state index in [1.165, 1.54) is 5.56 Å². The Balaban J connectivity index is 1.58. The molecule has 27 heavy (non-hydrogen) atoms. The lowest BCUT2D eigenvalue weighted by Gasteiger charge is -2.07. The van der Waals surface area contributed by atoms with Gasteiger partial charge in [-0.25, -0.2) is 5.43 Å². The molecule has 3 rings (SSSR count). The summed E-state index contributed by atoms with van der Waals surface area (Å²) in [6.07, 6.45) is 1.61. The molecule has 0 aromatic heterocycles. The SMILES string of the molecule is Cc1ccc(COc2cccc(/C=N/NC(=O)c3ccccc3C)c2)cc1. The highest BCUT2D eigenvalue weighted by molar-refractivity contribution is 5.96. The van der Waals surface area contributed by atoms with Gasteiger partial charge in [-0.15, -0.1) is 0 Å². The van der Waals surface area contributed by atoms with Crippen molar-refractivity contribution in [1.29, 1.82) is 0 Å². The lowest BCUT2D eigenvalue weighted by atomic mass is 10.1. The van der Waals surface area contributed by atoms with Crippen LogP contribution >= 0.6 is 0 Å². The smallest absolute Gasteiger partial charge is 0.271 e. The second kappa shape index (κ2) is 8.81. The third-order valence-electron chi connectivity index (χ3n) is 4.15. The number of nitrogens with zero attached hydrogens (tertiary/aromatic N) is 1. The molecular weight excluding hydrogens is 336 g/mol. The Labute approximate surface area is 159 Å². The molecule has 0 aliphatic carbocycles. The van der Waals surface area contributed by atoms with Gasteiger partial charge in [0.15, 0.2) is 0 Å². The van der Waals surface area contributed by atoms with Crippen LogP contribution in [0.2, 0.25) is 0 Å². The maximum absolute atomic E-state index is 12.2. The highest BCUT2D eigenvalue weighted by atomic mass is 16.5. The largest absolute Gasteiger partial charge is 0.489 e. The van der Waals surface area contributed by atoms with Gasteiger partial charge in [-0.2, -0.15) is 5.10 Å². The highest BCUT2D eigenvalue weighted by Gasteiger charge is 2.06. The van der Waals surface area contributed by atoms with Crippen molar-refractivity contribution in [3.63, 3.8) is 0 Å². The van der Waals surface area contributed by atoms with Crippen molar-refractivity contribution in [2.24, 2.45) is 5.10 Å². The number of nitrogens with one attached hydrogen (secondary N) is 1. The van der Waals surface area contributed by atoms with Gasteiger partial charge in [0, 0.05) is 5.56 Å². The minimum atomic E-state index is -0.226. The van der Waals surface area contributed by atoms with Crippen LogP contribution in [0.4, 0.5) is 0 Å². The van der Waals surface area contributed by atoms with Crippen LogP contribution in [-0.4, -0.2) is 12.1 Å². The normalized spacial score (nSPS) is 10.7. The number of benzene rings is 3. The predicted molar refractivity (Wildman–Crippen MR) is 108 cm³/mol. The molecule has 0 heterocycles. The molecule has 0 radical (unpaired) electrons. The number of carbonyl (C=O) groups excluding carboxylic acids is 1. The summed E-state index contributed by atoms with van der Waals surface area (Å²) < 4.78 is 5.84. The van der Waals surface area contributed by atoms with E-state index in [4.69, 9.17) is 4.74 Å². The molecule has 1 N–H and O–H groups in total. The zero-order chi connectivity index (χ0) is 19.1. The second-order valence-electron chi connectivity index (χ2n) is 6.36. The standard InChI is InChI=1S/C23H22N2O2/c1-17-10-12-19(13-11-17)16-27-21-8-5-7-20(14-21)15-24-25-23(26)22-9-4-3-6-18(22)2/h3-15H,16H2,1-2H3,(H,25,26)/b24-15+. The summed E-state index contributed by atoms with van der Waals surface area (Å²) in [5, 5.41) is 4.05. The lowest BCUT2D eigenvalue weighted by molar-refractivity contribution is 0.0954. The van der Waals surface area contributed by atoms with E-state index < -0.39 is 0 Å². The van der Waals surface area contributed by atoms with Crippen LogP contribution in [0.15, 0.2) is 77.9 Å². The molecule has 4 heteroatoms. The number of hydrogen-bond donors (Lipinski definition) is 1. The van der Waals surface area contributed by atoms with Crippen molar-refractivity contribution in [1.82, 2.24) is 5.43 Å². The Morgan fingerprint density at radius 2 is 1.78 bits per heavy atom. The maximum atomic E-state index is 12.2. The lowest BCUT2D eigenvalue weighted by Crippen LogP contribution is -2.18. The van der Waals surface area contributed by atoms with Crippen LogP contribution in [0, 0.1) is 13.8 Å². The molecule has 0 fully saturated rings. The van der Waals surface area contributed by atoms with Crippen LogP contribution in [0.25, 0.3) is 0 Å². The number of hydrazone groups is 1. The molecule has 136 valence electrons. The van der Waals surface area contributed by atoms with E-state index >= 15 is 0 Å².